The van der Waals surface area contributed by atoms with Gasteiger partial charge in [-0.25, -0.2) is 0 Å². The SMILES string of the molecule is CCc1ccc2c(c1)C(=O)C(CCN)(c1nn[nH]n1)C(CCN)O2. The highest BCUT2D eigenvalue weighted by molar-refractivity contribution is 6.07. The maximum atomic E-state index is 13.5. The number of nitrogens with one attached hydrogen (secondary N) is 1. The van der Waals surface area contributed by atoms with Gasteiger partial charge >= 0.3 is 0 Å². The molecule has 0 spiro atoms. The minimum absolute atomic E-state index is 0.0793. The lowest BCUT2D eigenvalue weighted by atomic mass is 9.69. The van der Waals surface area contributed by atoms with Crippen molar-refractivity contribution in [3.8, 4) is 5.75 Å². The molecule has 0 radical (unpaired) electrons. The first-order valence-electron chi connectivity index (χ1n) is 8.15. The van der Waals surface area contributed by atoms with E-state index in [1.54, 1.807) is 0 Å². The molecular weight excluding hydrogens is 308 g/mol. The Morgan fingerprint density at radius 1 is 1.33 bits per heavy atom. The largest absolute Gasteiger partial charge is 0.488 e. The Bertz CT molecular complexity index is 717. The molecule has 1 aromatic heterocycles. The number of ether oxygens (including phenoxy) is 1. The first-order chi connectivity index (χ1) is 11.7. The van der Waals surface area contributed by atoms with Crippen LogP contribution in [0.5, 0.6) is 5.75 Å². The summed E-state index contributed by atoms with van der Waals surface area (Å²) >= 11 is 0. The van der Waals surface area contributed by atoms with Crippen molar-refractivity contribution in [3.63, 3.8) is 0 Å². The average Bonchev–Trinajstić information content (AvgIpc) is 3.13. The number of hydrogen-bond donors (Lipinski definition) is 3. The number of rotatable bonds is 6. The molecule has 1 aliphatic rings. The number of benzene rings is 1. The number of H-pyrrole nitrogens is 1. The summed E-state index contributed by atoms with van der Waals surface area (Å²) in [6, 6.07) is 5.69. The van der Waals surface area contributed by atoms with Crippen molar-refractivity contribution in [1.29, 1.82) is 0 Å². The van der Waals surface area contributed by atoms with E-state index in [1.165, 1.54) is 0 Å². The van der Waals surface area contributed by atoms with Gasteiger partial charge in [-0.3, -0.25) is 4.79 Å². The Kier molecular flexibility index (Phi) is 4.59. The summed E-state index contributed by atoms with van der Waals surface area (Å²) < 4.78 is 6.16. The molecule has 8 nitrogen and oxygen atoms in total. The second-order valence-electron chi connectivity index (χ2n) is 5.94. The molecule has 0 fully saturated rings. The van der Waals surface area contributed by atoms with E-state index >= 15 is 0 Å². The molecule has 0 aliphatic carbocycles. The number of tetrazole rings is 1. The summed E-state index contributed by atoms with van der Waals surface area (Å²) in [5, 5.41) is 14.2. The first kappa shape index (κ1) is 16.5. The average molecular weight is 330 g/mol. The lowest BCUT2D eigenvalue weighted by Gasteiger charge is -2.41. The molecule has 2 aromatic rings. The molecule has 2 unspecified atom stereocenters. The fraction of sp³-hybridized carbons (Fsp3) is 0.500. The lowest BCUT2D eigenvalue weighted by Crippen LogP contribution is -2.55. The molecule has 0 saturated heterocycles. The van der Waals surface area contributed by atoms with E-state index in [2.05, 4.69) is 20.6 Å². The number of aryl methyl sites for hydroxylation is 1. The van der Waals surface area contributed by atoms with Gasteiger partial charge in [0.1, 0.15) is 17.3 Å². The summed E-state index contributed by atoms with van der Waals surface area (Å²) in [7, 11) is 0. The second-order valence-corrected chi connectivity index (χ2v) is 5.94. The second kappa shape index (κ2) is 6.66. The van der Waals surface area contributed by atoms with E-state index in [0.717, 1.165) is 12.0 Å². The zero-order valence-electron chi connectivity index (χ0n) is 13.7. The third-order valence-corrected chi connectivity index (χ3v) is 4.63. The van der Waals surface area contributed by atoms with Gasteiger partial charge in [0.15, 0.2) is 11.6 Å². The zero-order valence-corrected chi connectivity index (χ0v) is 13.7. The molecule has 128 valence electrons. The number of aromatic nitrogens is 4. The maximum absolute atomic E-state index is 13.5. The van der Waals surface area contributed by atoms with Crippen LogP contribution in [-0.4, -0.2) is 45.6 Å². The van der Waals surface area contributed by atoms with E-state index in [-0.39, 0.29) is 5.78 Å². The van der Waals surface area contributed by atoms with Crippen molar-refractivity contribution in [2.75, 3.05) is 13.1 Å². The van der Waals surface area contributed by atoms with E-state index in [9.17, 15) is 4.79 Å². The van der Waals surface area contributed by atoms with Crippen LogP contribution in [0.15, 0.2) is 18.2 Å². The van der Waals surface area contributed by atoms with Gasteiger partial charge in [-0.2, -0.15) is 5.21 Å². The Morgan fingerprint density at radius 3 is 2.79 bits per heavy atom. The van der Waals surface area contributed by atoms with Gasteiger partial charge in [0, 0.05) is 0 Å². The topological polar surface area (TPSA) is 133 Å². The molecule has 0 amide bonds. The minimum Gasteiger partial charge on any atom is -0.488 e. The van der Waals surface area contributed by atoms with E-state index in [4.69, 9.17) is 16.2 Å². The summed E-state index contributed by atoms with van der Waals surface area (Å²) in [6.45, 7) is 2.72. The van der Waals surface area contributed by atoms with Crippen molar-refractivity contribution >= 4 is 5.78 Å². The third kappa shape index (κ3) is 2.47. The molecule has 5 N–H and O–H groups in total. The minimum atomic E-state index is -1.07. The van der Waals surface area contributed by atoms with Crippen molar-refractivity contribution < 1.29 is 9.53 Å². The monoisotopic (exact) mass is 330 g/mol. The molecule has 2 heterocycles. The van der Waals surface area contributed by atoms with Crippen LogP contribution in [0.1, 0.15) is 41.5 Å². The Labute approximate surface area is 139 Å². The van der Waals surface area contributed by atoms with Crippen LogP contribution in [0.25, 0.3) is 0 Å². The third-order valence-electron chi connectivity index (χ3n) is 4.63. The number of aromatic amines is 1. The van der Waals surface area contributed by atoms with Gasteiger partial charge in [0.05, 0.1) is 5.56 Å². The molecule has 24 heavy (non-hydrogen) atoms. The van der Waals surface area contributed by atoms with Crippen LogP contribution in [0.3, 0.4) is 0 Å². The van der Waals surface area contributed by atoms with Crippen LogP contribution in [0, 0.1) is 0 Å². The fourth-order valence-electron chi connectivity index (χ4n) is 3.38. The van der Waals surface area contributed by atoms with E-state index in [1.807, 2.05) is 25.1 Å². The Hall–Kier alpha value is -2.32. The molecule has 2 atom stereocenters. The van der Waals surface area contributed by atoms with Gasteiger partial charge in [-0.05, 0) is 50.0 Å². The van der Waals surface area contributed by atoms with Crippen molar-refractivity contribution in [1.82, 2.24) is 20.6 Å². The summed E-state index contributed by atoms with van der Waals surface area (Å²) in [4.78, 5) is 13.5. The van der Waals surface area contributed by atoms with E-state index < -0.39 is 11.5 Å². The number of nitrogens with two attached hydrogens (primary N) is 2. The molecule has 1 aromatic carbocycles. The lowest BCUT2D eigenvalue weighted by molar-refractivity contribution is 0.0471. The predicted octanol–water partition coefficient (Wildman–Crippen LogP) is 0.341. The number of carbonyl (C=O) groups excluding carboxylic acids is 1. The fourth-order valence-corrected chi connectivity index (χ4v) is 3.38. The maximum Gasteiger partial charge on any atom is 0.192 e. The van der Waals surface area contributed by atoms with Crippen LogP contribution < -0.4 is 16.2 Å². The molecule has 0 saturated carbocycles. The number of hydrogen-bond acceptors (Lipinski definition) is 7. The van der Waals surface area contributed by atoms with Crippen LogP contribution in [0.4, 0.5) is 0 Å². The first-order valence-corrected chi connectivity index (χ1v) is 8.15. The molecular formula is C16H22N6O2. The van der Waals surface area contributed by atoms with Gasteiger partial charge < -0.3 is 16.2 Å². The normalized spacial score (nSPS) is 23.0. The summed E-state index contributed by atoms with van der Waals surface area (Å²) in [5.74, 6) is 0.806. The molecule has 3 rings (SSSR count). The van der Waals surface area contributed by atoms with Crippen molar-refractivity contribution in [2.24, 2.45) is 11.5 Å². The highest BCUT2D eigenvalue weighted by atomic mass is 16.5. The summed E-state index contributed by atoms with van der Waals surface area (Å²) in [6.07, 6.45) is 1.22. The zero-order chi connectivity index (χ0) is 17.2. The van der Waals surface area contributed by atoms with Crippen LogP contribution >= 0.6 is 0 Å². The molecule has 8 heteroatoms. The van der Waals surface area contributed by atoms with Gasteiger partial charge in [-0.15, -0.1) is 10.2 Å². The van der Waals surface area contributed by atoms with Crippen molar-refractivity contribution in [2.45, 2.75) is 37.7 Å². The van der Waals surface area contributed by atoms with Crippen LogP contribution in [-0.2, 0) is 11.8 Å². The highest BCUT2D eigenvalue weighted by Gasteiger charge is 2.54. The number of fused-ring (bicyclic) bond motifs is 1. The number of carbonyl (C=O) groups is 1. The number of nitrogens with zero attached hydrogens (tertiary/aromatic N) is 3. The number of ketones is 1. The molecule has 0 bridgehead atoms. The molecule has 1 aliphatic heterocycles. The quantitative estimate of drug-likeness (QED) is 0.695. The van der Waals surface area contributed by atoms with E-state index in [0.29, 0.717) is 43.1 Å². The summed E-state index contributed by atoms with van der Waals surface area (Å²) in [5.41, 5.74) is 12.1. The van der Waals surface area contributed by atoms with Crippen LogP contribution in [0.2, 0.25) is 0 Å². The number of Topliss-reactive ketones (excluding diaryl/α,β-unsaturated/α-hetero) is 1. The van der Waals surface area contributed by atoms with Gasteiger partial charge in [0.2, 0.25) is 0 Å². The highest BCUT2D eigenvalue weighted by Crippen LogP contribution is 2.43. The standard InChI is InChI=1S/C16H22N6O2/c1-2-10-3-4-12-11(9-10)14(23)16(6-8-18,13(24-12)5-7-17)15-19-21-22-20-15/h3-4,9,13H,2,5-8,17-18H2,1H3,(H,19,20,21,22). The van der Waals surface area contributed by atoms with Gasteiger partial charge in [-0.1, -0.05) is 18.2 Å². The Morgan fingerprint density at radius 2 is 2.17 bits per heavy atom. The van der Waals surface area contributed by atoms with Gasteiger partial charge in [0.25, 0.3) is 0 Å². The van der Waals surface area contributed by atoms with Crippen molar-refractivity contribution in [3.05, 3.63) is 35.2 Å². The smallest absolute Gasteiger partial charge is 0.192 e. The Balaban J connectivity index is 2.18. The predicted molar refractivity (Wildman–Crippen MR) is 87.8 cm³/mol.